The van der Waals surface area contributed by atoms with Crippen LogP contribution in [0.15, 0.2) is 16.6 Å². The van der Waals surface area contributed by atoms with Gasteiger partial charge < -0.3 is 10.1 Å². The van der Waals surface area contributed by atoms with E-state index in [9.17, 15) is 9.59 Å². The van der Waals surface area contributed by atoms with Crippen molar-refractivity contribution >= 4 is 33.3 Å². The molecule has 0 radical (unpaired) electrons. The van der Waals surface area contributed by atoms with Gasteiger partial charge in [0.2, 0.25) is 0 Å². The van der Waals surface area contributed by atoms with Crippen molar-refractivity contribution in [2.45, 2.75) is 0 Å². The zero-order valence-electron chi connectivity index (χ0n) is 7.26. The molecule has 0 unspecified atom stereocenters. The molecule has 0 atom stereocenters. The lowest BCUT2D eigenvalue weighted by molar-refractivity contribution is -0.112. The van der Waals surface area contributed by atoms with Crippen LogP contribution < -0.4 is 10.1 Å². The van der Waals surface area contributed by atoms with Crippen LogP contribution in [0.2, 0.25) is 0 Å². The average Bonchev–Trinajstić information content (AvgIpc) is 2.43. The summed E-state index contributed by atoms with van der Waals surface area (Å²) in [5.41, 5.74) is 0.863. The minimum absolute atomic E-state index is 0.371. The molecular weight excluding hydrogens is 250 g/mol. The molecule has 0 saturated carbocycles. The van der Waals surface area contributed by atoms with Crippen LogP contribution in [0.25, 0.3) is 0 Å². The lowest BCUT2D eigenvalue weighted by Gasteiger charge is -2.04. The molecule has 0 bridgehead atoms. The fourth-order valence-corrected chi connectivity index (χ4v) is 1.94. The molecule has 1 aliphatic heterocycles. The van der Waals surface area contributed by atoms with Crippen LogP contribution in [-0.4, -0.2) is 18.8 Å². The van der Waals surface area contributed by atoms with Crippen LogP contribution in [0.3, 0.4) is 0 Å². The number of ether oxygens (including phenoxy) is 1. The highest BCUT2D eigenvalue weighted by Crippen LogP contribution is 2.34. The molecule has 2 rings (SSSR count). The lowest BCUT2D eigenvalue weighted by atomic mass is 10.1. The van der Waals surface area contributed by atoms with Crippen LogP contribution >= 0.6 is 15.9 Å². The number of hydrogen-bond donors (Lipinski definition) is 1. The fourth-order valence-electron chi connectivity index (χ4n) is 1.32. The Morgan fingerprint density at radius 1 is 1.36 bits per heavy atom. The Labute approximate surface area is 88.4 Å². The Bertz CT molecular complexity index is 442. The smallest absolute Gasteiger partial charge is 0.296 e. The zero-order valence-corrected chi connectivity index (χ0v) is 8.84. The van der Waals surface area contributed by atoms with Crippen molar-refractivity contribution in [2.24, 2.45) is 0 Å². The van der Waals surface area contributed by atoms with Gasteiger partial charge in [-0.25, -0.2) is 0 Å². The molecule has 1 aliphatic rings. The minimum atomic E-state index is -0.603. The van der Waals surface area contributed by atoms with Crippen molar-refractivity contribution in [1.29, 1.82) is 0 Å². The minimum Gasteiger partial charge on any atom is -0.497 e. The van der Waals surface area contributed by atoms with Gasteiger partial charge in [0.15, 0.2) is 0 Å². The molecular formula is C9H6BrNO3. The summed E-state index contributed by atoms with van der Waals surface area (Å²) in [5.74, 6) is -0.533. The number of carbonyl (C=O) groups excluding carboxylic acids is 2. The molecule has 0 aliphatic carbocycles. The highest BCUT2D eigenvalue weighted by molar-refractivity contribution is 9.10. The average molecular weight is 256 g/mol. The van der Waals surface area contributed by atoms with Gasteiger partial charge in [-0.15, -0.1) is 0 Å². The summed E-state index contributed by atoms with van der Waals surface area (Å²) in [6, 6.07) is 3.26. The van der Waals surface area contributed by atoms with Gasteiger partial charge in [-0.05, 0) is 22.0 Å². The van der Waals surface area contributed by atoms with Gasteiger partial charge in [0.1, 0.15) is 5.75 Å². The number of halogens is 1. The quantitative estimate of drug-likeness (QED) is 0.776. The summed E-state index contributed by atoms with van der Waals surface area (Å²) in [6.07, 6.45) is 0. The largest absolute Gasteiger partial charge is 0.497 e. The second-order valence-corrected chi connectivity index (χ2v) is 3.67. The highest BCUT2D eigenvalue weighted by Gasteiger charge is 2.30. The van der Waals surface area contributed by atoms with Gasteiger partial charge in [0.05, 0.1) is 18.4 Å². The second-order valence-electron chi connectivity index (χ2n) is 2.82. The van der Waals surface area contributed by atoms with Crippen molar-refractivity contribution in [1.82, 2.24) is 0 Å². The first-order valence-electron chi connectivity index (χ1n) is 3.86. The molecule has 72 valence electrons. The Kier molecular flexibility index (Phi) is 2.03. The van der Waals surface area contributed by atoms with E-state index in [1.165, 1.54) is 7.11 Å². The molecule has 0 spiro atoms. The van der Waals surface area contributed by atoms with E-state index in [4.69, 9.17) is 4.74 Å². The molecule has 5 heteroatoms. The first kappa shape index (κ1) is 9.21. The number of ketones is 1. The van der Waals surface area contributed by atoms with Gasteiger partial charge in [0, 0.05) is 10.5 Å². The molecule has 0 saturated heterocycles. The maximum atomic E-state index is 11.3. The first-order valence-corrected chi connectivity index (χ1v) is 4.66. The second kappa shape index (κ2) is 3.09. The van der Waals surface area contributed by atoms with E-state index >= 15 is 0 Å². The number of fused-ring (bicyclic) bond motifs is 1. The van der Waals surface area contributed by atoms with Crippen LogP contribution in [-0.2, 0) is 4.79 Å². The predicted octanol–water partition coefficient (Wildman–Crippen LogP) is 1.59. The number of methoxy groups -OCH3 is 1. The number of rotatable bonds is 1. The molecule has 1 N–H and O–H groups in total. The molecule has 1 amide bonds. The summed E-state index contributed by atoms with van der Waals surface area (Å²) < 4.78 is 5.56. The van der Waals surface area contributed by atoms with Gasteiger partial charge >= 0.3 is 0 Å². The van der Waals surface area contributed by atoms with Crippen LogP contribution in [0.1, 0.15) is 10.4 Å². The van der Waals surface area contributed by atoms with Gasteiger partial charge in [-0.2, -0.15) is 0 Å². The number of hydrogen-bond acceptors (Lipinski definition) is 3. The summed E-state index contributed by atoms with van der Waals surface area (Å²) >= 11 is 3.21. The van der Waals surface area contributed by atoms with E-state index in [1.807, 2.05) is 0 Å². The number of Topliss-reactive ketones (excluding diaryl/α,β-unsaturated/α-hetero) is 1. The number of carbonyl (C=O) groups is 2. The fraction of sp³-hybridized carbons (Fsp3) is 0.111. The van der Waals surface area contributed by atoms with E-state index in [2.05, 4.69) is 21.2 Å². The zero-order chi connectivity index (χ0) is 10.3. The van der Waals surface area contributed by atoms with Gasteiger partial charge in [0.25, 0.3) is 11.7 Å². The summed E-state index contributed by atoms with van der Waals surface area (Å²) in [4.78, 5) is 22.4. The van der Waals surface area contributed by atoms with Crippen LogP contribution in [0.5, 0.6) is 5.75 Å². The topological polar surface area (TPSA) is 55.4 Å². The normalized spacial score (nSPS) is 13.9. The van der Waals surface area contributed by atoms with E-state index < -0.39 is 11.7 Å². The van der Waals surface area contributed by atoms with E-state index in [-0.39, 0.29) is 0 Å². The monoisotopic (exact) mass is 255 g/mol. The van der Waals surface area contributed by atoms with Crippen molar-refractivity contribution in [3.8, 4) is 5.75 Å². The number of anilines is 1. The van der Waals surface area contributed by atoms with Crippen LogP contribution in [0, 0.1) is 0 Å². The molecule has 1 aromatic rings. The Balaban J connectivity index is 2.63. The summed E-state index contributed by atoms with van der Waals surface area (Å²) in [5, 5.41) is 2.46. The van der Waals surface area contributed by atoms with Crippen LogP contribution in [0.4, 0.5) is 5.69 Å². The van der Waals surface area contributed by atoms with Gasteiger partial charge in [-0.3, -0.25) is 9.59 Å². The molecule has 1 heterocycles. The number of nitrogens with one attached hydrogen (secondary N) is 1. The molecule has 4 nitrogen and oxygen atoms in total. The Morgan fingerprint density at radius 3 is 2.71 bits per heavy atom. The number of amides is 1. The standard InChI is InChI=1S/C9H6BrNO3/c1-14-4-2-5(10)7-6(3-4)11-9(13)8(7)12/h2-3H,1H3,(H,11,12,13). The highest BCUT2D eigenvalue weighted by atomic mass is 79.9. The number of benzene rings is 1. The SMILES string of the molecule is COc1cc(Br)c2c(c1)NC(=O)C2=O. The first-order chi connectivity index (χ1) is 6.63. The van der Waals surface area contributed by atoms with E-state index in [0.29, 0.717) is 21.5 Å². The molecule has 1 aromatic carbocycles. The molecule has 14 heavy (non-hydrogen) atoms. The summed E-state index contributed by atoms with van der Waals surface area (Å²) in [7, 11) is 1.52. The maximum Gasteiger partial charge on any atom is 0.296 e. The third-order valence-electron chi connectivity index (χ3n) is 1.98. The van der Waals surface area contributed by atoms with E-state index in [0.717, 1.165) is 0 Å². The lowest BCUT2D eigenvalue weighted by Crippen LogP contribution is -2.12. The van der Waals surface area contributed by atoms with Crippen molar-refractivity contribution in [3.05, 3.63) is 22.2 Å². The maximum absolute atomic E-state index is 11.3. The van der Waals surface area contributed by atoms with E-state index in [1.54, 1.807) is 12.1 Å². The van der Waals surface area contributed by atoms with Gasteiger partial charge in [-0.1, -0.05) is 0 Å². The predicted molar refractivity (Wildman–Crippen MR) is 53.7 cm³/mol. The Morgan fingerprint density at radius 2 is 2.07 bits per heavy atom. The summed E-state index contributed by atoms with van der Waals surface area (Å²) in [6.45, 7) is 0. The third-order valence-corrected chi connectivity index (χ3v) is 2.61. The van der Waals surface area contributed by atoms with Crippen molar-refractivity contribution in [2.75, 3.05) is 12.4 Å². The molecule has 0 fully saturated rings. The Hall–Kier alpha value is -1.36. The van der Waals surface area contributed by atoms with Crippen molar-refractivity contribution in [3.63, 3.8) is 0 Å². The van der Waals surface area contributed by atoms with Crippen molar-refractivity contribution < 1.29 is 14.3 Å². The third kappa shape index (κ3) is 1.21. The molecule has 0 aromatic heterocycles.